The van der Waals surface area contributed by atoms with Gasteiger partial charge in [-0.05, 0) is 12.1 Å². The second kappa shape index (κ2) is 9.43. The highest BCUT2D eigenvalue weighted by Gasteiger charge is 2.14. The number of ether oxygens (including phenoxy) is 3. The van der Waals surface area contributed by atoms with Crippen LogP contribution in [0.2, 0.25) is 0 Å². The Labute approximate surface area is 162 Å². The normalized spacial score (nSPS) is 13.9. The van der Waals surface area contributed by atoms with Gasteiger partial charge in [0, 0.05) is 30.9 Å². The number of thioether (sulfide) groups is 1. The van der Waals surface area contributed by atoms with E-state index in [0.717, 1.165) is 23.9 Å². The summed E-state index contributed by atoms with van der Waals surface area (Å²) in [5, 5.41) is 3.61. The molecule has 0 spiro atoms. The minimum atomic E-state index is -0.126. The molecule has 8 nitrogen and oxygen atoms in total. The number of hydrogen-bond acceptors (Lipinski definition) is 8. The summed E-state index contributed by atoms with van der Waals surface area (Å²) in [6.07, 6.45) is 1.53. The number of morpholine rings is 1. The third-order valence-corrected chi connectivity index (χ3v) is 4.91. The van der Waals surface area contributed by atoms with Gasteiger partial charge in [-0.1, -0.05) is 11.8 Å². The highest BCUT2D eigenvalue weighted by Crippen LogP contribution is 2.30. The second-order valence-electron chi connectivity index (χ2n) is 5.72. The number of carbonyl (C=O) groups excluding carboxylic acids is 1. The number of nitrogens with one attached hydrogen (secondary N) is 1. The molecule has 1 aromatic heterocycles. The zero-order valence-electron chi connectivity index (χ0n) is 15.3. The van der Waals surface area contributed by atoms with Crippen molar-refractivity contribution in [2.45, 2.75) is 5.03 Å². The molecule has 1 fully saturated rings. The predicted molar refractivity (Wildman–Crippen MR) is 104 cm³/mol. The molecule has 0 atom stereocenters. The van der Waals surface area contributed by atoms with Gasteiger partial charge >= 0.3 is 0 Å². The molecular weight excluding hydrogens is 368 g/mol. The molecule has 1 aliphatic heterocycles. The molecule has 1 aliphatic rings. The molecule has 0 radical (unpaired) electrons. The maximum atomic E-state index is 12.3. The van der Waals surface area contributed by atoms with Gasteiger partial charge in [0.05, 0.1) is 33.2 Å². The summed E-state index contributed by atoms with van der Waals surface area (Å²) in [5.74, 6) is 2.15. The zero-order valence-corrected chi connectivity index (χ0v) is 16.1. The van der Waals surface area contributed by atoms with E-state index < -0.39 is 0 Å². The van der Waals surface area contributed by atoms with Crippen LogP contribution >= 0.6 is 11.8 Å². The fourth-order valence-electron chi connectivity index (χ4n) is 2.62. The number of hydrogen-bond donors (Lipinski definition) is 1. The van der Waals surface area contributed by atoms with Crippen molar-refractivity contribution in [2.24, 2.45) is 0 Å². The minimum Gasteiger partial charge on any atom is -0.493 e. The molecular formula is C18H22N4O4S. The second-order valence-corrected chi connectivity index (χ2v) is 6.72. The number of carbonyl (C=O) groups is 1. The van der Waals surface area contributed by atoms with Gasteiger partial charge in [0.2, 0.25) is 5.91 Å². The van der Waals surface area contributed by atoms with E-state index in [0.29, 0.717) is 30.4 Å². The van der Waals surface area contributed by atoms with E-state index in [9.17, 15) is 4.79 Å². The van der Waals surface area contributed by atoms with Crippen LogP contribution in [-0.2, 0) is 9.53 Å². The Morgan fingerprint density at radius 2 is 1.96 bits per heavy atom. The van der Waals surface area contributed by atoms with E-state index in [2.05, 4.69) is 20.2 Å². The Kier molecular flexibility index (Phi) is 6.72. The summed E-state index contributed by atoms with van der Waals surface area (Å²) in [6.45, 7) is 3.00. The van der Waals surface area contributed by atoms with Crippen molar-refractivity contribution < 1.29 is 19.0 Å². The summed E-state index contributed by atoms with van der Waals surface area (Å²) < 4.78 is 15.8. The lowest BCUT2D eigenvalue weighted by Crippen LogP contribution is -2.36. The smallest absolute Gasteiger partial charge is 0.234 e. The lowest BCUT2D eigenvalue weighted by molar-refractivity contribution is -0.113. The summed E-state index contributed by atoms with van der Waals surface area (Å²) in [7, 11) is 3.13. The van der Waals surface area contributed by atoms with Crippen LogP contribution in [0.5, 0.6) is 11.5 Å². The van der Waals surface area contributed by atoms with Gasteiger partial charge in [-0.3, -0.25) is 4.79 Å². The van der Waals surface area contributed by atoms with Crippen molar-refractivity contribution in [1.29, 1.82) is 0 Å². The highest BCUT2D eigenvalue weighted by atomic mass is 32.2. The van der Waals surface area contributed by atoms with Crippen molar-refractivity contribution in [1.82, 2.24) is 9.97 Å². The Morgan fingerprint density at radius 3 is 2.70 bits per heavy atom. The van der Waals surface area contributed by atoms with Crippen LogP contribution in [-0.4, -0.2) is 62.2 Å². The van der Waals surface area contributed by atoms with E-state index >= 15 is 0 Å². The highest BCUT2D eigenvalue weighted by molar-refractivity contribution is 7.99. The van der Waals surface area contributed by atoms with Crippen LogP contribution in [0.1, 0.15) is 0 Å². The van der Waals surface area contributed by atoms with Gasteiger partial charge in [0.15, 0.2) is 11.5 Å². The van der Waals surface area contributed by atoms with Crippen LogP contribution in [0, 0.1) is 0 Å². The molecule has 2 aromatic rings. The fourth-order valence-corrected chi connectivity index (χ4v) is 3.29. The molecule has 1 saturated heterocycles. The zero-order chi connectivity index (χ0) is 19.1. The first kappa shape index (κ1) is 19.2. The van der Waals surface area contributed by atoms with E-state index in [1.54, 1.807) is 32.4 Å². The molecule has 9 heteroatoms. The standard InChI is InChI=1S/C18H22N4O4S/c1-24-14-4-3-13(9-15(14)25-2)21-17(23)11-27-18-10-16(19-12-20-18)22-5-7-26-8-6-22/h3-4,9-10,12H,5-8,11H2,1-2H3,(H,21,23). The maximum absolute atomic E-state index is 12.3. The van der Waals surface area contributed by atoms with Crippen LogP contribution in [0.25, 0.3) is 0 Å². The average molecular weight is 390 g/mol. The van der Waals surface area contributed by atoms with Crippen LogP contribution in [0.3, 0.4) is 0 Å². The molecule has 0 bridgehead atoms. The molecule has 1 N–H and O–H groups in total. The molecule has 0 saturated carbocycles. The SMILES string of the molecule is COc1ccc(NC(=O)CSc2cc(N3CCOCC3)ncn2)cc1OC. The van der Waals surface area contributed by atoms with E-state index in [1.165, 1.54) is 18.1 Å². The topological polar surface area (TPSA) is 85.8 Å². The summed E-state index contributed by atoms with van der Waals surface area (Å²) >= 11 is 1.37. The number of benzene rings is 1. The molecule has 144 valence electrons. The largest absolute Gasteiger partial charge is 0.493 e. The van der Waals surface area contributed by atoms with Crippen molar-refractivity contribution in [3.63, 3.8) is 0 Å². The number of methoxy groups -OCH3 is 2. The molecule has 0 unspecified atom stereocenters. The van der Waals surface area contributed by atoms with Gasteiger partial charge in [-0.2, -0.15) is 0 Å². The third kappa shape index (κ3) is 5.24. The first-order valence-corrected chi connectivity index (χ1v) is 9.47. The van der Waals surface area contributed by atoms with Crippen molar-refractivity contribution >= 4 is 29.2 Å². The lowest BCUT2D eigenvalue weighted by Gasteiger charge is -2.27. The molecule has 2 heterocycles. The first-order chi connectivity index (χ1) is 13.2. The summed E-state index contributed by atoms with van der Waals surface area (Å²) in [4.78, 5) is 23.0. The van der Waals surface area contributed by atoms with Gasteiger partial charge < -0.3 is 24.4 Å². The average Bonchev–Trinajstić information content (AvgIpc) is 2.73. The van der Waals surface area contributed by atoms with E-state index in [-0.39, 0.29) is 11.7 Å². The number of nitrogens with zero attached hydrogens (tertiary/aromatic N) is 3. The van der Waals surface area contributed by atoms with Gasteiger partial charge in [0.1, 0.15) is 17.2 Å². The Morgan fingerprint density at radius 1 is 1.19 bits per heavy atom. The quantitative estimate of drug-likeness (QED) is 0.568. The summed E-state index contributed by atoms with van der Waals surface area (Å²) in [6, 6.07) is 7.15. The Bertz CT molecular complexity index is 784. The van der Waals surface area contributed by atoms with Crippen LogP contribution < -0.4 is 19.7 Å². The van der Waals surface area contributed by atoms with Crippen LogP contribution in [0.4, 0.5) is 11.5 Å². The Hall–Kier alpha value is -2.52. The third-order valence-electron chi connectivity index (χ3n) is 3.98. The van der Waals surface area contributed by atoms with Crippen molar-refractivity contribution in [2.75, 3.05) is 56.5 Å². The number of anilines is 2. The predicted octanol–water partition coefficient (Wildman–Crippen LogP) is 2.06. The Balaban J connectivity index is 1.56. The van der Waals surface area contributed by atoms with E-state index in [4.69, 9.17) is 14.2 Å². The maximum Gasteiger partial charge on any atom is 0.234 e. The lowest BCUT2D eigenvalue weighted by atomic mass is 10.2. The number of rotatable bonds is 7. The van der Waals surface area contributed by atoms with Gasteiger partial charge in [0.25, 0.3) is 0 Å². The van der Waals surface area contributed by atoms with E-state index in [1.807, 2.05) is 6.07 Å². The van der Waals surface area contributed by atoms with Gasteiger partial charge in [-0.15, -0.1) is 0 Å². The fraction of sp³-hybridized carbons (Fsp3) is 0.389. The first-order valence-electron chi connectivity index (χ1n) is 8.49. The monoisotopic (exact) mass is 390 g/mol. The van der Waals surface area contributed by atoms with Crippen LogP contribution in [0.15, 0.2) is 35.6 Å². The van der Waals surface area contributed by atoms with Crippen molar-refractivity contribution in [3.8, 4) is 11.5 Å². The molecule has 1 aromatic carbocycles. The molecule has 27 heavy (non-hydrogen) atoms. The molecule has 1 amide bonds. The van der Waals surface area contributed by atoms with Gasteiger partial charge in [-0.25, -0.2) is 9.97 Å². The summed E-state index contributed by atoms with van der Waals surface area (Å²) in [5.41, 5.74) is 0.648. The molecule has 0 aliphatic carbocycles. The molecule has 3 rings (SSSR count). The number of aromatic nitrogens is 2. The number of amides is 1. The minimum absolute atomic E-state index is 0.126. The van der Waals surface area contributed by atoms with Crippen molar-refractivity contribution in [3.05, 3.63) is 30.6 Å².